The molecule has 0 bridgehead atoms. The third-order valence-electron chi connectivity index (χ3n) is 3.63. The van der Waals surface area contributed by atoms with Gasteiger partial charge in [-0.25, -0.2) is 0 Å². The number of rotatable bonds is 5. The maximum Gasteiger partial charge on any atom is 0.0607 e. The summed E-state index contributed by atoms with van der Waals surface area (Å²) in [6, 6.07) is 4.90. The summed E-state index contributed by atoms with van der Waals surface area (Å²) in [5.74, 6) is 0.833. The van der Waals surface area contributed by atoms with E-state index in [-0.39, 0.29) is 0 Å². The van der Waals surface area contributed by atoms with Gasteiger partial charge in [0.2, 0.25) is 0 Å². The summed E-state index contributed by atoms with van der Waals surface area (Å²) in [5, 5.41) is 0. The fourth-order valence-electron chi connectivity index (χ4n) is 2.94. The average Bonchev–Trinajstić information content (AvgIpc) is 2.46. The molecule has 0 radical (unpaired) electrons. The fourth-order valence-corrected chi connectivity index (χ4v) is 2.94. The van der Waals surface area contributed by atoms with Gasteiger partial charge in [0.05, 0.1) is 11.7 Å². The number of hydrogen-bond acceptors (Lipinski definition) is 2. The quantitative estimate of drug-likeness (QED) is 0.737. The van der Waals surface area contributed by atoms with E-state index in [0.29, 0.717) is 6.04 Å². The van der Waals surface area contributed by atoms with Gasteiger partial charge in [-0.2, -0.15) is 0 Å². The van der Waals surface area contributed by atoms with Crippen LogP contribution in [0.25, 0.3) is 0 Å². The minimum Gasteiger partial charge on any atom is -0.295 e. The van der Waals surface area contributed by atoms with Gasteiger partial charge in [-0.15, -0.1) is 0 Å². The molecule has 0 saturated heterocycles. The average molecular weight is 290 g/mol. The maximum atomic E-state index is 4.64. The van der Waals surface area contributed by atoms with Crippen LogP contribution in [0.3, 0.4) is 0 Å². The number of pyridine rings is 1. The third kappa shape index (κ3) is 6.17. The van der Waals surface area contributed by atoms with Crippen LogP contribution in [-0.4, -0.2) is 23.0 Å². The van der Waals surface area contributed by atoms with Gasteiger partial charge in [0.1, 0.15) is 0 Å². The van der Waals surface area contributed by atoms with Crippen LogP contribution in [0, 0.1) is 5.92 Å². The highest BCUT2D eigenvalue weighted by Crippen LogP contribution is 2.32. The van der Waals surface area contributed by atoms with Crippen LogP contribution in [0.2, 0.25) is 0 Å². The molecule has 0 saturated carbocycles. The Kier molecular flexibility index (Phi) is 8.60. The number of aromatic nitrogens is 1. The molecule has 21 heavy (non-hydrogen) atoms. The van der Waals surface area contributed by atoms with Gasteiger partial charge in [0.25, 0.3) is 0 Å². The molecule has 1 heterocycles. The molecule has 0 amide bonds. The molecule has 0 spiro atoms. The van der Waals surface area contributed by atoms with E-state index >= 15 is 0 Å². The van der Waals surface area contributed by atoms with E-state index < -0.39 is 0 Å². The summed E-state index contributed by atoms with van der Waals surface area (Å²) in [5.41, 5.74) is 2.82. The monoisotopic (exact) mass is 290 g/mol. The number of hydrogen-bond donors (Lipinski definition) is 0. The van der Waals surface area contributed by atoms with E-state index in [0.717, 1.165) is 5.92 Å². The zero-order valence-electron chi connectivity index (χ0n) is 14.7. The molecule has 2 rings (SSSR count). The molecule has 0 aliphatic heterocycles. The highest BCUT2D eigenvalue weighted by Gasteiger charge is 2.25. The van der Waals surface area contributed by atoms with Gasteiger partial charge in [-0.05, 0) is 62.7 Å². The van der Waals surface area contributed by atoms with E-state index in [4.69, 9.17) is 0 Å². The van der Waals surface area contributed by atoms with Crippen LogP contribution < -0.4 is 0 Å². The van der Waals surface area contributed by atoms with Crippen molar-refractivity contribution in [2.75, 3.05) is 13.1 Å². The van der Waals surface area contributed by atoms with E-state index in [1.54, 1.807) is 0 Å². The Hall–Kier alpha value is -0.890. The Balaban J connectivity index is 0.000000491. The molecule has 120 valence electrons. The topological polar surface area (TPSA) is 16.1 Å². The summed E-state index contributed by atoms with van der Waals surface area (Å²) < 4.78 is 0. The first kappa shape index (κ1) is 18.2. The predicted molar refractivity (Wildman–Crippen MR) is 92.6 cm³/mol. The zero-order valence-corrected chi connectivity index (χ0v) is 14.7. The predicted octanol–water partition coefficient (Wildman–Crippen LogP) is 5.24. The zero-order chi connectivity index (χ0) is 15.7. The molecule has 1 aliphatic rings. The Morgan fingerprint density at radius 1 is 1.19 bits per heavy atom. The molecule has 2 nitrogen and oxygen atoms in total. The molecule has 1 unspecified atom stereocenters. The van der Waals surface area contributed by atoms with Crippen molar-refractivity contribution in [3.05, 3.63) is 29.6 Å². The molecule has 1 atom stereocenters. The van der Waals surface area contributed by atoms with Crippen molar-refractivity contribution in [2.45, 2.75) is 72.8 Å². The second-order valence-corrected chi connectivity index (χ2v) is 6.72. The van der Waals surface area contributed by atoms with Gasteiger partial charge in [0.15, 0.2) is 0 Å². The summed E-state index contributed by atoms with van der Waals surface area (Å²) in [7, 11) is 0. The van der Waals surface area contributed by atoms with Crippen LogP contribution in [0.5, 0.6) is 0 Å². The van der Waals surface area contributed by atoms with Gasteiger partial charge in [-0.1, -0.05) is 40.7 Å². The lowest BCUT2D eigenvalue weighted by Gasteiger charge is -2.34. The highest BCUT2D eigenvalue weighted by molar-refractivity contribution is 5.25. The van der Waals surface area contributed by atoms with E-state index in [2.05, 4.69) is 56.6 Å². The minimum atomic E-state index is 0.569. The van der Waals surface area contributed by atoms with Crippen LogP contribution in [0.15, 0.2) is 18.3 Å². The smallest absolute Gasteiger partial charge is 0.0607 e. The van der Waals surface area contributed by atoms with Crippen LogP contribution in [0.4, 0.5) is 0 Å². The Morgan fingerprint density at radius 3 is 2.38 bits per heavy atom. The molecule has 0 N–H and O–H groups in total. The third-order valence-corrected chi connectivity index (χ3v) is 3.63. The Bertz CT molecular complexity index is 378. The van der Waals surface area contributed by atoms with Crippen LogP contribution in [0.1, 0.15) is 77.6 Å². The normalized spacial score (nSPS) is 17.4. The molecule has 0 aromatic carbocycles. The lowest BCUT2D eigenvalue weighted by Crippen LogP contribution is -2.33. The van der Waals surface area contributed by atoms with Gasteiger partial charge in [0, 0.05) is 6.20 Å². The number of aryl methyl sites for hydroxylation is 1. The standard InChI is InChI=1S/C15H24N2.C4H10/c1-3-11-17(12-4-2)14-9-5-7-13-8-6-10-16-15(13)14;1-4(2)3/h6,8,10,14H,3-5,7,9,11-12H2,1-2H3;4H,1-3H3. The van der Waals surface area contributed by atoms with E-state index in [1.165, 1.54) is 56.5 Å². The van der Waals surface area contributed by atoms with E-state index in [1.807, 2.05) is 6.20 Å². The number of fused-ring (bicyclic) bond motifs is 1. The van der Waals surface area contributed by atoms with Crippen LogP contribution >= 0.6 is 0 Å². The first-order valence-corrected chi connectivity index (χ1v) is 8.77. The lowest BCUT2D eigenvalue weighted by atomic mass is 9.90. The molecule has 1 aromatic heterocycles. The molecular weight excluding hydrogens is 256 g/mol. The summed E-state index contributed by atoms with van der Waals surface area (Å²) in [4.78, 5) is 7.27. The van der Waals surface area contributed by atoms with Gasteiger partial charge in [-0.3, -0.25) is 9.88 Å². The van der Waals surface area contributed by atoms with Crippen molar-refractivity contribution in [3.63, 3.8) is 0 Å². The molecular formula is C19H34N2. The first-order valence-electron chi connectivity index (χ1n) is 8.77. The molecule has 2 heteroatoms. The number of nitrogens with zero attached hydrogens (tertiary/aromatic N) is 2. The summed E-state index contributed by atoms with van der Waals surface area (Å²) in [6.07, 6.45) is 8.23. The second-order valence-electron chi connectivity index (χ2n) is 6.72. The maximum absolute atomic E-state index is 4.64. The molecule has 1 aliphatic carbocycles. The van der Waals surface area contributed by atoms with E-state index in [9.17, 15) is 0 Å². The summed E-state index contributed by atoms with van der Waals surface area (Å²) in [6.45, 7) is 13.4. The van der Waals surface area contributed by atoms with Gasteiger partial charge >= 0.3 is 0 Å². The van der Waals surface area contributed by atoms with Crippen molar-refractivity contribution in [3.8, 4) is 0 Å². The molecule has 0 fully saturated rings. The van der Waals surface area contributed by atoms with Crippen molar-refractivity contribution < 1.29 is 0 Å². The van der Waals surface area contributed by atoms with Crippen LogP contribution in [-0.2, 0) is 6.42 Å². The first-order chi connectivity index (χ1) is 10.1. The largest absolute Gasteiger partial charge is 0.295 e. The second kappa shape index (κ2) is 9.94. The summed E-state index contributed by atoms with van der Waals surface area (Å²) >= 11 is 0. The van der Waals surface area contributed by atoms with Crippen molar-refractivity contribution in [1.82, 2.24) is 9.88 Å². The Morgan fingerprint density at radius 2 is 1.81 bits per heavy atom. The Labute approximate surface area is 132 Å². The highest BCUT2D eigenvalue weighted by atomic mass is 15.2. The molecule has 1 aromatic rings. The SMILES string of the molecule is CC(C)C.CCCN(CCC)C1CCCc2cccnc21. The van der Waals surface area contributed by atoms with Crippen molar-refractivity contribution >= 4 is 0 Å². The fraction of sp³-hybridized carbons (Fsp3) is 0.737. The van der Waals surface area contributed by atoms with Crippen molar-refractivity contribution in [2.24, 2.45) is 5.92 Å². The lowest BCUT2D eigenvalue weighted by molar-refractivity contribution is 0.175. The van der Waals surface area contributed by atoms with Gasteiger partial charge < -0.3 is 0 Å². The minimum absolute atomic E-state index is 0.569. The van der Waals surface area contributed by atoms with Crippen molar-refractivity contribution in [1.29, 1.82) is 0 Å².